The Bertz CT molecular complexity index is 682. The molecule has 0 fully saturated rings. The van der Waals surface area contributed by atoms with E-state index in [2.05, 4.69) is 0 Å². The third-order valence-corrected chi connectivity index (χ3v) is 3.78. The lowest BCUT2D eigenvalue weighted by molar-refractivity contribution is 0.0727. The Balaban J connectivity index is 1.83. The molecular formula is C17H18N2O2. The molecule has 0 spiro atoms. The van der Waals surface area contributed by atoms with Crippen molar-refractivity contribution in [3.63, 3.8) is 0 Å². The zero-order chi connectivity index (χ0) is 14.8. The number of carbonyl (C=O) groups is 1. The van der Waals surface area contributed by atoms with E-state index in [1.165, 1.54) is 0 Å². The molecule has 4 heteroatoms. The first-order valence-corrected chi connectivity index (χ1v) is 6.98. The molecule has 1 aliphatic rings. The zero-order valence-electron chi connectivity index (χ0n) is 12.0. The Labute approximate surface area is 124 Å². The van der Waals surface area contributed by atoms with Crippen molar-refractivity contribution < 1.29 is 9.53 Å². The molecule has 108 valence electrons. The number of hydrogen-bond donors (Lipinski definition) is 1. The SMILES string of the molecule is COc1cc(N)cc(CN2CCc3ccccc3C2=O)c1. The van der Waals surface area contributed by atoms with Gasteiger partial charge in [-0.05, 0) is 35.7 Å². The largest absolute Gasteiger partial charge is 0.497 e. The second-order valence-corrected chi connectivity index (χ2v) is 5.25. The van der Waals surface area contributed by atoms with Crippen molar-refractivity contribution >= 4 is 11.6 Å². The summed E-state index contributed by atoms with van der Waals surface area (Å²) >= 11 is 0. The number of hydrogen-bond acceptors (Lipinski definition) is 3. The number of rotatable bonds is 3. The van der Waals surface area contributed by atoms with Crippen molar-refractivity contribution in [2.75, 3.05) is 19.4 Å². The van der Waals surface area contributed by atoms with Gasteiger partial charge in [-0.25, -0.2) is 0 Å². The molecule has 0 aliphatic carbocycles. The Morgan fingerprint density at radius 1 is 1.24 bits per heavy atom. The normalized spacial score (nSPS) is 14.0. The summed E-state index contributed by atoms with van der Waals surface area (Å²) in [5.41, 5.74) is 9.43. The molecule has 2 aromatic carbocycles. The average molecular weight is 282 g/mol. The van der Waals surface area contributed by atoms with Gasteiger partial charge < -0.3 is 15.4 Å². The molecule has 0 radical (unpaired) electrons. The molecule has 3 rings (SSSR count). The van der Waals surface area contributed by atoms with Gasteiger partial charge in [0, 0.05) is 30.4 Å². The predicted molar refractivity (Wildman–Crippen MR) is 82.3 cm³/mol. The standard InChI is InChI=1S/C17H18N2O2/c1-21-15-9-12(8-14(18)10-15)11-19-7-6-13-4-2-3-5-16(13)17(19)20/h2-5,8-10H,6-7,11,18H2,1H3. The van der Waals surface area contributed by atoms with Crippen molar-refractivity contribution in [1.82, 2.24) is 4.90 Å². The molecule has 0 atom stereocenters. The number of nitrogen functional groups attached to an aromatic ring is 1. The van der Waals surface area contributed by atoms with Crippen molar-refractivity contribution in [1.29, 1.82) is 0 Å². The number of fused-ring (bicyclic) bond motifs is 1. The summed E-state index contributed by atoms with van der Waals surface area (Å²) in [6, 6.07) is 13.4. The molecule has 1 heterocycles. The topological polar surface area (TPSA) is 55.6 Å². The first kappa shape index (κ1) is 13.5. The van der Waals surface area contributed by atoms with Gasteiger partial charge in [0.1, 0.15) is 5.75 Å². The maximum absolute atomic E-state index is 12.5. The van der Waals surface area contributed by atoms with E-state index in [4.69, 9.17) is 10.5 Å². The van der Waals surface area contributed by atoms with Gasteiger partial charge in [0.15, 0.2) is 0 Å². The fraction of sp³-hybridized carbons (Fsp3) is 0.235. The van der Waals surface area contributed by atoms with Crippen LogP contribution in [0.4, 0.5) is 5.69 Å². The lowest BCUT2D eigenvalue weighted by Crippen LogP contribution is -2.36. The minimum Gasteiger partial charge on any atom is -0.497 e. The Kier molecular flexibility index (Phi) is 3.52. The number of nitrogens with zero attached hydrogens (tertiary/aromatic N) is 1. The van der Waals surface area contributed by atoms with E-state index in [1.807, 2.05) is 41.3 Å². The van der Waals surface area contributed by atoms with Crippen molar-refractivity contribution in [3.05, 3.63) is 59.2 Å². The summed E-state index contributed by atoms with van der Waals surface area (Å²) in [4.78, 5) is 14.4. The minimum absolute atomic E-state index is 0.0817. The maximum atomic E-state index is 12.5. The fourth-order valence-electron chi connectivity index (χ4n) is 2.74. The molecule has 1 amide bonds. The molecule has 0 saturated carbocycles. The molecule has 0 bridgehead atoms. The highest BCUT2D eigenvalue weighted by Gasteiger charge is 2.23. The van der Waals surface area contributed by atoms with Crippen LogP contribution < -0.4 is 10.5 Å². The van der Waals surface area contributed by atoms with Crippen LogP contribution in [-0.4, -0.2) is 24.5 Å². The van der Waals surface area contributed by atoms with Crippen LogP contribution in [0, 0.1) is 0 Å². The molecular weight excluding hydrogens is 264 g/mol. The molecule has 4 nitrogen and oxygen atoms in total. The quantitative estimate of drug-likeness (QED) is 0.880. The molecule has 0 saturated heterocycles. The highest BCUT2D eigenvalue weighted by atomic mass is 16.5. The minimum atomic E-state index is 0.0817. The Morgan fingerprint density at radius 3 is 2.86 bits per heavy atom. The summed E-state index contributed by atoms with van der Waals surface area (Å²) < 4.78 is 5.22. The number of nitrogens with two attached hydrogens (primary N) is 1. The summed E-state index contributed by atoms with van der Waals surface area (Å²) in [6.45, 7) is 1.28. The van der Waals surface area contributed by atoms with Gasteiger partial charge in [0.05, 0.1) is 7.11 Å². The highest BCUT2D eigenvalue weighted by Crippen LogP contribution is 2.23. The van der Waals surface area contributed by atoms with Crippen molar-refractivity contribution in [2.45, 2.75) is 13.0 Å². The van der Waals surface area contributed by atoms with Crippen LogP contribution in [0.25, 0.3) is 0 Å². The van der Waals surface area contributed by atoms with E-state index in [-0.39, 0.29) is 5.91 Å². The second kappa shape index (κ2) is 5.48. The monoisotopic (exact) mass is 282 g/mol. The number of carbonyl (C=O) groups excluding carboxylic acids is 1. The smallest absolute Gasteiger partial charge is 0.254 e. The lowest BCUT2D eigenvalue weighted by atomic mass is 9.98. The molecule has 1 aliphatic heterocycles. The van der Waals surface area contributed by atoms with Gasteiger partial charge in [-0.3, -0.25) is 4.79 Å². The van der Waals surface area contributed by atoms with Crippen LogP contribution in [0.1, 0.15) is 21.5 Å². The van der Waals surface area contributed by atoms with Crippen LogP contribution in [0.5, 0.6) is 5.75 Å². The predicted octanol–water partition coefficient (Wildman–Crippen LogP) is 2.48. The lowest BCUT2D eigenvalue weighted by Gasteiger charge is -2.28. The van der Waals surface area contributed by atoms with E-state index in [0.717, 1.165) is 35.4 Å². The van der Waals surface area contributed by atoms with Crippen molar-refractivity contribution in [3.8, 4) is 5.75 Å². The molecule has 0 aromatic heterocycles. The fourth-order valence-corrected chi connectivity index (χ4v) is 2.74. The van der Waals surface area contributed by atoms with Gasteiger partial charge in [0.25, 0.3) is 5.91 Å². The molecule has 0 unspecified atom stereocenters. The van der Waals surface area contributed by atoms with Crippen LogP contribution in [0.3, 0.4) is 0 Å². The second-order valence-electron chi connectivity index (χ2n) is 5.25. The number of amides is 1. The maximum Gasteiger partial charge on any atom is 0.254 e. The first-order chi connectivity index (χ1) is 10.2. The molecule has 21 heavy (non-hydrogen) atoms. The zero-order valence-corrected chi connectivity index (χ0v) is 12.0. The summed E-state index contributed by atoms with van der Waals surface area (Å²) in [6.07, 6.45) is 0.890. The van der Waals surface area contributed by atoms with E-state index >= 15 is 0 Å². The third-order valence-electron chi connectivity index (χ3n) is 3.78. The third kappa shape index (κ3) is 2.70. The van der Waals surface area contributed by atoms with E-state index in [9.17, 15) is 4.79 Å². The van der Waals surface area contributed by atoms with Crippen molar-refractivity contribution in [2.24, 2.45) is 0 Å². The van der Waals surface area contributed by atoms with Gasteiger partial charge >= 0.3 is 0 Å². The highest BCUT2D eigenvalue weighted by molar-refractivity contribution is 5.96. The van der Waals surface area contributed by atoms with Gasteiger partial charge in [0.2, 0.25) is 0 Å². The van der Waals surface area contributed by atoms with Gasteiger partial charge in [-0.2, -0.15) is 0 Å². The number of ether oxygens (including phenoxy) is 1. The number of methoxy groups -OCH3 is 1. The van der Waals surface area contributed by atoms with E-state index in [1.54, 1.807) is 13.2 Å². The number of benzene rings is 2. The van der Waals surface area contributed by atoms with Crippen LogP contribution in [-0.2, 0) is 13.0 Å². The summed E-state index contributed by atoms with van der Waals surface area (Å²) in [5, 5.41) is 0. The number of anilines is 1. The van der Waals surface area contributed by atoms with Crippen LogP contribution in [0.2, 0.25) is 0 Å². The van der Waals surface area contributed by atoms with E-state index in [0.29, 0.717) is 12.2 Å². The molecule has 2 aromatic rings. The average Bonchev–Trinajstić information content (AvgIpc) is 2.50. The van der Waals surface area contributed by atoms with Gasteiger partial charge in [-0.1, -0.05) is 18.2 Å². The van der Waals surface area contributed by atoms with Gasteiger partial charge in [-0.15, -0.1) is 0 Å². The molecule has 2 N–H and O–H groups in total. The first-order valence-electron chi connectivity index (χ1n) is 6.98. The summed E-state index contributed by atoms with van der Waals surface area (Å²) in [7, 11) is 1.61. The van der Waals surface area contributed by atoms with Crippen LogP contribution >= 0.6 is 0 Å². The van der Waals surface area contributed by atoms with Crippen LogP contribution in [0.15, 0.2) is 42.5 Å². The van der Waals surface area contributed by atoms with E-state index < -0.39 is 0 Å². The Morgan fingerprint density at radius 2 is 2.05 bits per heavy atom. The summed E-state index contributed by atoms with van der Waals surface area (Å²) in [5.74, 6) is 0.799. The Hall–Kier alpha value is -2.49.